The minimum atomic E-state index is -0.273. The molecule has 0 aliphatic heterocycles. The lowest BCUT2D eigenvalue weighted by Crippen LogP contribution is -2.23. The highest BCUT2D eigenvalue weighted by atomic mass is 19.1. The van der Waals surface area contributed by atoms with Crippen LogP contribution in [0.2, 0.25) is 0 Å². The molecule has 4 aromatic rings. The molecule has 0 fully saturated rings. The zero-order valence-corrected chi connectivity index (χ0v) is 16.5. The van der Waals surface area contributed by atoms with Gasteiger partial charge in [-0.2, -0.15) is 0 Å². The average Bonchev–Trinajstić information content (AvgIpc) is 3.19. The summed E-state index contributed by atoms with van der Waals surface area (Å²) < 4.78 is 15.3. The fourth-order valence-corrected chi connectivity index (χ4v) is 3.20. The van der Waals surface area contributed by atoms with Gasteiger partial charge in [0.2, 0.25) is 5.95 Å². The highest BCUT2D eigenvalue weighted by Crippen LogP contribution is 2.30. The number of benzene rings is 2. The van der Waals surface area contributed by atoms with Crippen LogP contribution in [-0.2, 0) is 13.5 Å². The van der Waals surface area contributed by atoms with E-state index in [-0.39, 0.29) is 5.82 Å². The molecule has 0 radical (unpaired) electrons. The molecule has 0 N–H and O–H groups in total. The van der Waals surface area contributed by atoms with Crippen LogP contribution in [0.1, 0.15) is 5.56 Å². The summed E-state index contributed by atoms with van der Waals surface area (Å²) >= 11 is 0. The van der Waals surface area contributed by atoms with Crippen LogP contribution in [0.15, 0.2) is 73.2 Å². The van der Waals surface area contributed by atoms with E-state index in [0.29, 0.717) is 5.95 Å². The van der Waals surface area contributed by atoms with Crippen LogP contribution < -0.4 is 4.90 Å². The Labute approximate surface area is 169 Å². The molecule has 0 saturated heterocycles. The van der Waals surface area contributed by atoms with Crippen LogP contribution >= 0.6 is 0 Å². The molecule has 5 nitrogen and oxygen atoms in total. The van der Waals surface area contributed by atoms with Gasteiger partial charge in [-0.05, 0) is 29.7 Å². The normalized spacial score (nSPS) is 10.9. The van der Waals surface area contributed by atoms with E-state index in [1.54, 1.807) is 24.5 Å². The van der Waals surface area contributed by atoms with Crippen molar-refractivity contribution in [2.45, 2.75) is 6.42 Å². The quantitative estimate of drug-likeness (QED) is 0.493. The van der Waals surface area contributed by atoms with Crippen LogP contribution in [0, 0.1) is 5.82 Å². The molecule has 29 heavy (non-hydrogen) atoms. The van der Waals surface area contributed by atoms with E-state index in [1.807, 2.05) is 48.0 Å². The van der Waals surface area contributed by atoms with Crippen molar-refractivity contribution in [1.29, 1.82) is 0 Å². The summed E-state index contributed by atoms with van der Waals surface area (Å²) in [5.41, 5.74) is 3.66. The molecule has 0 spiro atoms. The first kappa shape index (κ1) is 18.8. The van der Waals surface area contributed by atoms with E-state index in [0.717, 1.165) is 35.6 Å². The Balaban J connectivity index is 1.68. The molecule has 0 amide bonds. The van der Waals surface area contributed by atoms with Crippen molar-refractivity contribution in [3.8, 4) is 22.6 Å². The summed E-state index contributed by atoms with van der Waals surface area (Å²) in [7, 11) is 3.91. The fraction of sp³-hybridized carbons (Fsp3) is 0.174. The third-order valence-electron chi connectivity index (χ3n) is 4.88. The predicted octanol–water partition coefficient (Wildman–Crippen LogP) is 4.36. The van der Waals surface area contributed by atoms with E-state index >= 15 is 0 Å². The van der Waals surface area contributed by atoms with Gasteiger partial charge < -0.3 is 9.47 Å². The summed E-state index contributed by atoms with van der Waals surface area (Å²) in [6, 6.07) is 16.7. The number of aromatic nitrogens is 4. The van der Waals surface area contributed by atoms with Gasteiger partial charge in [-0.1, -0.05) is 42.5 Å². The van der Waals surface area contributed by atoms with E-state index in [1.165, 1.54) is 17.7 Å². The lowest BCUT2D eigenvalue weighted by atomic mass is 10.1. The summed E-state index contributed by atoms with van der Waals surface area (Å²) in [5.74, 6) is 1.10. The number of nitrogens with zero attached hydrogens (tertiary/aromatic N) is 5. The van der Waals surface area contributed by atoms with Gasteiger partial charge in [0.05, 0.1) is 0 Å². The Bertz CT molecular complexity index is 1090. The summed E-state index contributed by atoms with van der Waals surface area (Å²) in [6.07, 6.45) is 6.31. The molecule has 0 atom stereocenters. The molecule has 0 bridgehead atoms. The molecular weight excluding hydrogens is 365 g/mol. The molecule has 2 aromatic heterocycles. The van der Waals surface area contributed by atoms with Crippen molar-refractivity contribution >= 4 is 5.95 Å². The number of rotatable bonds is 6. The Hall–Kier alpha value is -3.54. The lowest BCUT2D eigenvalue weighted by Gasteiger charge is -2.19. The molecular formula is C23H22FN5. The first-order valence-corrected chi connectivity index (χ1v) is 9.47. The van der Waals surface area contributed by atoms with Gasteiger partial charge in [0.1, 0.15) is 11.5 Å². The number of aryl methyl sites for hydroxylation is 1. The Morgan fingerprint density at radius 3 is 2.45 bits per heavy atom. The number of imidazole rings is 1. The third kappa shape index (κ3) is 4.16. The Morgan fingerprint density at radius 2 is 1.76 bits per heavy atom. The molecule has 2 heterocycles. The molecule has 0 unspecified atom stereocenters. The van der Waals surface area contributed by atoms with Crippen molar-refractivity contribution in [3.63, 3.8) is 0 Å². The summed E-state index contributed by atoms with van der Waals surface area (Å²) in [4.78, 5) is 15.9. The minimum absolute atomic E-state index is 0.273. The Kier molecular flexibility index (Phi) is 5.33. The summed E-state index contributed by atoms with van der Waals surface area (Å²) in [6.45, 7) is 0.792. The number of likely N-dealkylation sites (N-methyl/N-ethyl adjacent to an activating group) is 1. The zero-order valence-electron chi connectivity index (χ0n) is 16.5. The highest BCUT2D eigenvalue weighted by molar-refractivity contribution is 5.78. The minimum Gasteiger partial charge on any atom is -0.344 e. The number of hydrogen-bond acceptors (Lipinski definition) is 4. The van der Waals surface area contributed by atoms with Crippen LogP contribution in [0.5, 0.6) is 0 Å². The molecule has 2 aromatic carbocycles. The van der Waals surface area contributed by atoms with Crippen LogP contribution in [-0.4, -0.2) is 33.1 Å². The van der Waals surface area contributed by atoms with Gasteiger partial charge in [0.25, 0.3) is 0 Å². The number of anilines is 1. The van der Waals surface area contributed by atoms with Crippen LogP contribution in [0.4, 0.5) is 10.3 Å². The molecule has 146 valence electrons. The average molecular weight is 387 g/mol. The second-order valence-corrected chi connectivity index (χ2v) is 6.96. The standard InChI is InChI=1S/C23H22FN5/c1-28-15-13-25-22(28)21-20(18-8-10-19(24)11-9-18)16-26-23(27-21)29(2)14-12-17-6-4-3-5-7-17/h3-11,13,15-16H,12,14H2,1-2H3. The SMILES string of the molecule is CN(CCc1ccccc1)c1ncc(-c2ccc(F)cc2)c(-c2nccn2C)n1. The maximum Gasteiger partial charge on any atom is 0.225 e. The monoisotopic (exact) mass is 387 g/mol. The van der Waals surface area contributed by atoms with Gasteiger partial charge in [-0.15, -0.1) is 0 Å². The van der Waals surface area contributed by atoms with Crippen molar-refractivity contribution in [1.82, 2.24) is 19.5 Å². The van der Waals surface area contributed by atoms with Crippen molar-refractivity contribution in [2.24, 2.45) is 7.05 Å². The van der Waals surface area contributed by atoms with E-state index in [2.05, 4.69) is 22.1 Å². The summed E-state index contributed by atoms with van der Waals surface area (Å²) in [5, 5.41) is 0. The van der Waals surface area contributed by atoms with Gasteiger partial charge >= 0.3 is 0 Å². The lowest BCUT2D eigenvalue weighted by molar-refractivity contribution is 0.628. The highest BCUT2D eigenvalue weighted by Gasteiger charge is 2.17. The smallest absolute Gasteiger partial charge is 0.225 e. The molecule has 0 saturated carbocycles. The number of hydrogen-bond donors (Lipinski definition) is 0. The van der Waals surface area contributed by atoms with E-state index < -0.39 is 0 Å². The first-order chi connectivity index (χ1) is 14.1. The Morgan fingerprint density at radius 1 is 1.00 bits per heavy atom. The van der Waals surface area contributed by atoms with Crippen molar-refractivity contribution in [2.75, 3.05) is 18.5 Å². The van der Waals surface area contributed by atoms with E-state index in [9.17, 15) is 4.39 Å². The van der Waals surface area contributed by atoms with Gasteiger partial charge in [-0.3, -0.25) is 0 Å². The van der Waals surface area contributed by atoms with Gasteiger partial charge in [-0.25, -0.2) is 19.3 Å². The molecule has 6 heteroatoms. The van der Waals surface area contributed by atoms with Gasteiger partial charge in [0.15, 0.2) is 5.82 Å². The third-order valence-corrected chi connectivity index (χ3v) is 4.88. The molecule has 4 rings (SSSR count). The first-order valence-electron chi connectivity index (χ1n) is 9.47. The molecule has 0 aliphatic rings. The predicted molar refractivity (Wildman–Crippen MR) is 113 cm³/mol. The van der Waals surface area contributed by atoms with Gasteiger partial charge in [0, 0.05) is 44.8 Å². The fourth-order valence-electron chi connectivity index (χ4n) is 3.20. The maximum absolute atomic E-state index is 13.4. The maximum atomic E-state index is 13.4. The second-order valence-electron chi connectivity index (χ2n) is 6.96. The van der Waals surface area contributed by atoms with Crippen molar-refractivity contribution in [3.05, 3.63) is 84.6 Å². The number of halogens is 1. The zero-order chi connectivity index (χ0) is 20.2. The second kappa shape index (κ2) is 8.22. The van der Waals surface area contributed by atoms with E-state index in [4.69, 9.17) is 4.98 Å². The largest absolute Gasteiger partial charge is 0.344 e. The topological polar surface area (TPSA) is 46.8 Å². The molecule has 0 aliphatic carbocycles. The van der Waals surface area contributed by atoms with Crippen LogP contribution in [0.3, 0.4) is 0 Å². The van der Waals surface area contributed by atoms with Crippen LogP contribution in [0.25, 0.3) is 22.6 Å². The van der Waals surface area contributed by atoms with Crippen molar-refractivity contribution < 1.29 is 4.39 Å².